The Morgan fingerprint density at radius 2 is 1.98 bits per heavy atom. The molecule has 2 aromatic carbocycles. The Hall–Kier alpha value is -3.93. The molecule has 1 aliphatic heterocycles. The van der Waals surface area contributed by atoms with Crippen molar-refractivity contribution in [1.29, 1.82) is 0 Å². The number of carbonyl (C=O) groups is 1. The molecule has 1 fully saturated rings. The van der Waals surface area contributed by atoms with Crippen LogP contribution in [0.15, 0.2) is 60.9 Å². The number of halogens is 1. The molecule has 1 aliphatic rings. The quantitative estimate of drug-likeness (QED) is 0.170. The molecule has 4 heterocycles. The second kappa shape index (κ2) is 12.0. The van der Waals surface area contributed by atoms with Gasteiger partial charge in [0.2, 0.25) is 0 Å². The van der Waals surface area contributed by atoms with Crippen molar-refractivity contribution in [2.24, 2.45) is 7.05 Å². The molecule has 1 atom stereocenters. The van der Waals surface area contributed by atoms with Gasteiger partial charge in [0.1, 0.15) is 29.5 Å². The third-order valence-corrected chi connectivity index (χ3v) is 9.65. The van der Waals surface area contributed by atoms with Crippen molar-refractivity contribution < 1.29 is 13.9 Å². The van der Waals surface area contributed by atoms with E-state index >= 15 is 0 Å². The van der Waals surface area contributed by atoms with Gasteiger partial charge in [-0.1, -0.05) is 50.0 Å². The summed E-state index contributed by atoms with van der Waals surface area (Å²) in [5.41, 5.74) is 4.54. The summed E-state index contributed by atoms with van der Waals surface area (Å²) >= 11 is 0. The van der Waals surface area contributed by atoms with Crippen molar-refractivity contribution >= 4 is 36.0 Å². The smallest absolute Gasteiger partial charge is 0.255 e. The molecule has 3 aromatic heterocycles. The van der Waals surface area contributed by atoms with Crippen LogP contribution in [0.2, 0.25) is 25.7 Å². The van der Waals surface area contributed by atoms with Gasteiger partial charge in [-0.05, 0) is 36.2 Å². The zero-order valence-corrected chi connectivity index (χ0v) is 26.2. The van der Waals surface area contributed by atoms with Gasteiger partial charge < -0.3 is 14.6 Å². The minimum atomic E-state index is -1.25. The molecule has 0 bridgehead atoms. The Morgan fingerprint density at radius 3 is 2.77 bits per heavy atom. The first-order valence-corrected chi connectivity index (χ1v) is 18.5. The number of aromatic nitrogens is 5. The standard InChI is InChI=1S/C32H38FN7O2Si/c1-38-28-16-23(33)10-11-25(28)29(37-38)27-17-34-31-30(36-27)26(20-40(31)21-42-14-15-43(2,3)4)32(41)35-24-12-13-39(19-24)18-22-8-6-5-7-9-22/h5-11,16-17,20,24H,12-15,18-19,21H2,1-4H3,(H,35,41)/t24-/m1/s1. The van der Waals surface area contributed by atoms with Crippen LogP contribution in [0, 0.1) is 5.82 Å². The van der Waals surface area contributed by atoms with Crippen LogP contribution < -0.4 is 5.32 Å². The van der Waals surface area contributed by atoms with Gasteiger partial charge in [-0.2, -0.15) is 5.10 Å². The Morgan fingerprint density at radius 1 is 1.16 bits per heavy atom. The van der Waals surface area contributed by atoms with E-state index in [-0.39, 0.29) is 24.5 Å². The number of aryl methyl sites for hydroxylation is 1. The predicted molar refractivity (Wildman–Crippen MR) is 169 cm³/mol. The van der Waals surface area contributed by atoms with E-state index in [1.807, 2.05) is 10.6 Å². The Balaban J connectivity index is 1.28. The number of benzene rings is 2. The van der Waals surface area contributed by atoms with Crippen LogP contribution in [0.5, 0.6) is 0 Å². The Bertz CT molecular complexity index is 1760. The number of nitrogens with zero attached hydrogens (tertiary/aromatic N) is 6. The van der Waals surface area contributed by atoms with Gasteiger partial charge in [0.05, 0.1) is 17.3 Å². The van der Waals surface area contributed by atoms with Crippen molar-refractivity contribution in [3.05, 3.63) is 77.9 Å². The van der Waals surface area contributed by atoms with E-state index in [2.05, 4.69) is 59.2 Å². The van der Waals surface area contributed by atoms with E-state index in [1.165, 1.54) is 17.7 Å². The van der Waals surface area contributed by atoms with Crippen LogP contribution in [0.3, 0.4) is 0 Å². The maximum absolute atomic E-state index is 13.9. The molecule has 11 heteroatoms. The van der Waals surface area contributed by atoms with E-state index < -0.39 is 8.07 Å². The molecule has 0 unspecified atom stereocenters. The largest absolute Gasteiger partial charge is 0.361 e. The van der Waals surface area contributed by atoms with Crippen LogP contribution in [0.25, 0.3) is 33.5 Å². The SMILES string of the molecule is Cn1nc(-c2cnc3c(n2)c(C(=O)N[C@@H]2CCN(Cc4ccccc4)C2)cn3COCC[Si](C)(C)C)c2ccc(F)cc21. The highest BCUT2D eigenvalue weighted by molar-refractivity contribution is 6.76. The van der Waals surface area contributed by atoms with Gasteiger partial charge in [-0.15, -0.1) is 0 Å². The van der Waals surface area contributed by atoms with Gasteiger partial charge >= 0.3 is 0 Å². The number of carbonyl (C=O) groups excluding carboxylic acids is 1. The highest BCUT2D eigenvalue weighted by Gasteiger charge is 2.27. The van der Waals surface area contributed by atoms with Gasteiger partial charge in [-0.25, -0.2) is 14.4 Å². The molecular formula is C32H38FN7O2Si. The minimum absolute atomic E-state index is 0.0355. The fourth-order valence-electron chi connectivity index (χ4n) is 5.59. The lowest BCUT2D eigenvalue weighted by Crippen LogP contribution is -2.37. The maximum Gasteiger partial charge on any atom is 0.255 e. The summed E-state index contributed by atoms with van der Waals surface area (Å²) in [7, 11) is 0.526. The molecule has 9 nitrogen and oxygen atoms in total. The molecular weight excluding hydrogens is 561 g/mol. The van der Waals surface area contributed by atoms with E-state index in [0.29, 0.717) is 40.2 Å². The number of hydrogen-bond acceptors (Lipinski definition) is 6. The lowest BCUT2D eigenvalue weighted by Gasteiger charge is -2.16. The summed E-state index contributed by atoms with van der Waals surface area (Å²) in [5.74, 6) is -0.514. The zero-order valence-electron chi connectivity index (χ0n) is 25.2. The number of nitrogens with one attached hydrogen (secondary N) is 1. The van der Waals surface area contributed by atoms with Crippen molar-refractivity contribution in [3.8, 4) is 11.4 Å². The van der Waals surface area contributed by atoms with Crippen molar-refractivity contribution in [3.63, 3.8) is 0 Å². The van der Waals surface area contributed by atoms with Crippen LogP contribution >= 0.6 is 0 Å². The van der Waals surface area contributed by atoms with Crippen molar-refractivity contribution in [2.75, 3.05) is 19.7 Å². The first kappa shape index (κ1) is 29.2. The van der Waals surface area contributed by atoms with Crippen LogP contribution in [-0.4, -0.2) is 68.9 Å². The number of amides is 1. The number of hydrogen-bond donors (Lipinski definition) is 1. The summed E-state index contributed by atoms with van der Waals surface area (Å²) in [4.78, 5) is 25.8. The molecule has 0 radical (unpaired) electrons. The molecule has 0 saturated carbocycles. The molecule has 224 valence electrons. The maximum atomic E-state index is 13.9. The number of ether oxygens (including phenoxy) is 1. The second-order valence-electron chi connectivity index (χ2n) is 12.6. The molecule has 5 aromatic rings. The second-order valence-corrected chi connectivity index (χ2v) is 18.2. The monoisotopic (exact) mass is 599 g/mol. The average Bonchev–Trinajstić information content (AvgIpc) is 3.66. The third-order valence-electron chi connectivity index (χ3n) is 7.95. The highest BCUT2D eigenvalue weighted by atomic mass is 28.3. The molecule has 0 aliphatic carbocycles. The molecule has 0 spiro atoms. The third kappa shape index (κ3) is 6.53. The average molecular weight is 600 g/mol. The van der Waals surface area contributed by atoms with Crippen LogP contribution in [-0.2, 0) is 25.1 Å². The lowest BCUT2D eigenvalue weighted by molar-refractivity contribution is 0.0890. The minimum Gasteiger partial charge on any atom is -0.361 e. The van der Waals surface area contributed by atoms with Crippen LogP contribution in [0.1, 0.15) is 22.3 Å². The van der Waals surface area contributed by atoms with E-state index in [4.69, 9.17) is 14.7 Å². The van der Waals surface area contributed by atoms with Gasteiger partial charge in [0.15, 0.2) is 5.65 Å². The molecule has 6 rings (SSSR count). The molecule has 1 amide bonds. The van der Waals surface area contributed by atoms with Crippen molar-refractivity contribution in [2.45, 2.75) is 51.4 Å². The summed E-state index contributed by atoms with van der Waals surface area (Å²) in [6, 6.07) is 16.0. The zero-order chi connectivity index (χ0) is 30.1. The Kier molecular flexibility index (Phi) is 8.12. The topological polar surface area (TPSA) is 90.1 Å². The van der Waals surface area contributed by atoms with Crippen molar-refractivity contribution in [1.82, 2.24) is 34.5 Å². The van der Waals surface area contributed by atoms with Gasteiger partial charge in [0.25, 0.3) is 5.91 Å². The predicted octanol–water partition coefficient (Wildman–Crippen LogP) is 5.44. The Labute approximate surface area is 251 Å². The number of rotatable bonds is 10. The number of fused-ring (bicyclic) bond motifs is 2. The first-order chi connectivity index (χ1) is 20.6. The molecule has 43 heavy (non-hydrogen) atoms. The summed E-state index contributed by atoms with van der Waals surface area (Å²) in [6.45, 7) is 10.4. The fraction of sp³-hybridized carbons (Fsp3) is 0.375. The normalized spacial score (nSPS) is 16.0. The number of likely N-dealkylation sites (tertiary alicyclic amines) is 1. The lowest BCUT2D eigenvalue weighted by atomic mass is 10.1. The first-order valence-electron chi connectivity index (χ1n) is 14.8. The van der Waals surface area contributed by atoms with Gasteiger partial charge in [-0.3, -0.25) is 14.4 Å². The van der Waals surface area contributed by atoms with Crippen LogP contribution in [0.4, 0.5) is 4.39 Å². The van der Waals surface area contributed by atoms with E-state index in [0.717, 1.165) is 37.5 Å². The summed E-state index contributed by atoms with van der Waals surface area (Å²) in [6.07, 6.45) is 4.33. The molecule has 1 saturated heterocycles. The van der Waals surface area contributed by atoms with Gasteiger partial charge in [0, 0.05) is 59.0 Å². The van der Waals surface area contributed by atoms with E-state index in [9.17, 15) is 9.18 Å². The fourth-order valence-corrected chi connectivity index (χ4v) is 6.35. The van der Waals surface area contributed by atoms with E-state index in [1.54, 1.807) is 30.2 Å². The molecule has 1 N–H and O–H groups in total. The summed E-state index contributed by atoms with van der Waals surface area (Å²) in [5, 5.41) is 8.62. The summed E-state index contributed by atoms with van der Waals surface area (Å²) < 4.78 is 23.5. The highest BCUT2D eigenvalue weighted by Crippen LogP contribution is 2.29.